The van der Waals surface area contributed by atoms with Gasteiger partial charge in [-0.15, -0.1) is 0 Å². The van der Waals surface area contributed by atoms with Crippen LogP contribution < -0.4 is 5.73 Å². The Labute approximate surface area is 111 Å². The SMILES string of the molecule is NCC(C1CCOC1)N1CCN(CC(F)(F)F)CC1. The van der Waals surface area contributed by atoms with Gasteiger partial charge in [-0.05, 0) is 6.42 Å². The summed E-state index contributed by atoms with van der Waals surface area (Å²) in [5.74, 6) is 0.430. The highest BCUT2D eigenvalue weighted by Crippen LogP contribution is 2.23. The van der Waals surface area contributed by atoms with Gasteiger partial charge in [0.2, 0.25) is 0 Å². The molecule has 2 N–H and O–H groups in total. The molecular weight excluding hydrogens is 259 g/mol. The number of alkyl halides is 3. The number of ether oxygens (including phenoxy) is 1. The molecule has 2 heterocycles. The summed E-state index contributed by atoms with van der Waals surface area (Å²) in [6, 6.07) is 0.246. The number of nitrogens with zero attached hydrogens (tertiary/aromatic N) is 2. The first-order valence-corrected chi connectivity index (χ1v) is 6.80. The van der Waals surface area contributed by atoms with Gasteiger partial charge < -0.3 is 10.5 Å². The van der Waals surface area contributed by atoms with Gasteiger partial charge in [0.1, 0.15) is 0 Å². The molecule has 0 amide bonds. The van der Waals surface area contributed by atoms with Crippen molar-refractivity contribution in [2.45, 2.75) is 18.6 Å². The minimum atomic E-state index is -4.10. The average molecular weight is 281 g/mol. The van der Waals surface area contributed by atoms with Crippen LogP contribution in [0.15, 0.2) is 0 Å². The smallest absolute Gasteiger partial charge is 0.381 e. The lowest BCUT2D eigenvalue weighted by atomic mass is 9.97. The first kappa shape index (κ1) is 15.0. The number of hydrogen-bond donors (Lipinski definition) is 1. The van der Waals surface area contributed by atoms with E-state index >= 15 is 0 Å². The van der Waals surface area contributed by atoms with Crippen LogP contribution in [0, 0.1) is 5.92 Å². The molecular formula is C12H22F3N3O. The Hall–Kier alpha value is -0.370. The summed E-state index contributed by atoms with van der Waals surface area (Å²) in [6.07, 6.45) is -3.10. The second kappa shape index (κ2) is 6.39. The van der Waals surface area contributed by atoms with Gasteiger partial charge >= 0.3 is 6.18 Å². The van der Waals surface area contributed by atoms with Crippen molar-refractivity contribution in [3.8, 4) is 0 Å². The summed E-state index contributed by atoms with van der Waals surface area (Å²) >= 11 is 0. The molecule has 2 atom stereocenters. The summed E-state index contributed by atoms with van der Waals surface area (Å²) in [7, 11) is 0. The number of piperazine rings is 1. The molecule has 112 valence electrons. The van der Waals surface area contributed by atoms with E-state index in [-0.39, 0.29) is 6.04 Å². The highest BCUT2D eigenvalue weighted by Gasteiger charge is 2.35. The lowest BCUT2D eigenvalue weighted by Gasteiger charge is -2.41. The molecule has 2 saturated heterocycles. The van der Waals surface area contributed by atoms with Gasteiger partial charge in [-0.2, -0.15) is 13.2 Å². The van der Waals surface area contributed by atoms with E-state index in [2.05, 4.69) is 4.90 Å². The molecule has 2 rings (SSSR count). The van der Waals surface area contributed by atoms with Crippen molar-refractivity contribution >= 4 is 0 Å². The van der Waals surface area contributed by atoms with Crippen LogP contribution in [-0.2, 0) is 4.74 Å². The minimum absolute atomic E-state index is 0.246. The molecule has 2 aliphatic heterocycles. The van der Waals surface area contributed by atoms with E-state index in [0.717, 1.165) is 19.6 Å². The maximum Gasteiger partial charge on any atom is 0.401 e. The zero-order chi connectivity index (χ0) is 13.9. The van der Waals surface area contributed by atoms with Gasteiger partial charge in [-0.25, -0.2) is 0 Å². The van der Waals surface area contributed by atoms with E-state index in [1.165, 1.54) is 4.90 Å². The monoisotopic (exact) mass is 281 g/mol. The van der Waals surface area contributed by atoms with Crippen LogP contribution in [0.25, 0.3) is 0 Å². The third kappa shape index (κ3) is 4.30. The van der Waals surface area contributed by atoms with E-state index in [9.17, 15) is 13.2 Å². The largest absolute Gasteiger partial charge is 0.401 e. The number of halogens is 3. The molecule has 0 aromatic carbocycles. The Morgan fingerprint density at radius 3 is 2.37 bits per heavy atom. The molecule has 0 saturated carbocycles. The lowest BCUT2D eigenvalue weighted by molar-refractivity contribution is -0.150. The maximum atomic E-state index is 12.3. The molecule has 0 aliphatic carbocycles. The van der Waals surface area contributed by atoms with E-state index in [0.29, 0.717) is 38.6 Å². The van der Waals surface area contributed by atoms with Crippen LogP contribution in [-0.4, -0.2) is 74.5 Å². The summed E-state index contributed by atoms with van der Waals surface area (Å²) in [5, 5.41) is 0. The van der Waals surface area contributed by atoms with Crippen molar-refractivity contribution in [1.29, 1.82) is 0 Å². The molecule has 4 nitrogen and oxygen atoms in total. The van der Waals surface area contributed by atoms with Gasteiger partial charge in [0.05, 0.1) is 13.2 Å². The molecule has 0 aromatic rings. The summed E-state index contributed by atoms with van der Waals surface area (Å²) in [4.78, 5) is 3.70. The fourth-order valence-electron chi connectivity index (χ4n) is 3.00. The van der Waals surface area contributed by atoms with Crippen LogP contribution in [0.4, 0.5) is 13.2 Å². The van der Waals surface area contributed by atoms with Gasteiger partial charge in [0.15, 0.2) is 0 Å². The summed E-state index contributed by atoms with van der Waals surface area (Å²) in [5.41, 5.74) is 5.83. The number of nitrogens with two attached hydrogens (primary N) is 1. The molecule has 2 unspecified atom stereocenters. The Balaban J connectivity index is 1.81. The second-order valence-electron chi connectivity index (χ2n) is 5.35. The van der Waals surface area contributed by atoms with Crippen molar-refractivity contribution in [1.82, 2.24) is 9.80 Å². The van der Waals surface area contributed by atoms with Gasteiger partial charge in [-0.3, -0.25) is 9.80 Å². The van der Waals surface area contributed by atoms with Crippen LogP contribution in [0.3, 0.4) is 0 Å². The van der Waals surface area contributed by atoms with E-state index in [4.69, 9.17) is 10.5 Å². The second-order valence-corrected chi connectivity index (χ2v) is 5.35. The van der Waals surface area contributed by atoms with Crippen molar-refractivity contribution in [3.05, 3.63) is 0 Å². The Kier molecular flexibility index (Phi) is 5.05. The molecule has 0 spiro atoms. The summed E-state index contributed by atoms with van der Waals surface area (Å²) < 4.78 is 42.3. The van der Waals surface area contributed by atoms with Crippen molar-refractivity contribution in [2.24, 2.45) is 11.7 Å². The molecule has 19 heavy (non-hydrogen) atoms. The van der Waals surface area contributed by atoms with Crippen LogP contribution in [0.5, 0.6) is 0 Å². The molecule has 0 aromatic heterocycles. The fraction of sp³-hybridized carbons (Fsp3) is 1.00. The molecule has 7 heteroatoms. The van der Waals surface area contributed by atoms with Crippen molar-refractivity contribution in [2.75, 3.05) is 52.5 Å². The highest BCUT2D eigenvalue weighted by molar-refractivity contribution is 4.86. The first-order chi connectivity index (χ1) is 8.99. The molecule has 0 bridgehead atoms. The minimum Gasteiger partial charge on any atom is -0.381 e. The standard InChI is InChI=1S/C12H22F3N3O/c13-12(14,15)9-17-2-4-18(5-3-17)11(7-16)10-1-6-19-8-10/h10-11H,1-9,16H2. The average Bonchev–Trinajstić information content (AvgIpc) is 2.84. The van der Waals surface area contributed by atoms with Crippen molar-refractivity contribution in [3.63, 3.8) is 0 Å². The normalized spacial score (nSPS) is 28.7. The van der Waals surface area contributed by atoms with Crippen molar-refractivity contribution < 1.29 is 17.9 Å². The van der Waals surface area contributed by atoms with Crippen LogP contribution in [0.1, 0.15) is 6.42 Å². The van der Waals surface area contributed by atoms with Gasteiger partial charge in [0.25, 0.3) is 0 Å². The summed E-state index contributed by atoms with van der Waals surface area (Å²) in [6.45, 7) is 3.49. The zero-order valence-electron chi connectivity index (χ0n) is 11.0. The van der Waals surface area contributed by atoms with Crippen LogP contribution >= 0.6 is 0 Å². The number of rotatable bonds is 4. The predicted molar refractivity (Wildman–Crippen MR) is 65.8 cm³/mol. The van der Waals surface area contributed by atoms with Crippen LogP contribution in [0.2, 0.25) is 0 Å². The first-order valence-electron chi connectivity index (χ1n) is 6.80. The Bertz CT molecular complexity index is 274. The lowest BCUT2D eigenvalue weighted by Crippen LogP contribution is -2.55. The topological polar surface area (TPSA) is 41.7 Å². The van der Waals surface area contributed by atoms with E-state index in [1.807, 2.05) is 0 Å². The Morgan fingerprint density at radius 1 is 1.21 bits per heavy atom. The maximum absolute atomic E-state index is 12.3. The third-order valence-electron chi connectivity index (χ3n) is 4.03. The highest BCUT2D eigenvalue weighted by atomic mass is 19.4. The molecule has 2 aliphatic rings. The zero-order valence-corrected chi connectivity index (χ0v) is 11.0. The van der Waals surface area contributed by atoms with E-state index in [1.54, 1.807) is 0 Å². The molecule has 2 fully saturated rings. The van der Waals surface area contributed by atoms with Gasteiger partial charge in [0, 0.05) is 51.3 Å². The third-order valence-corrected chi connectivity index (χ3v) is 4.03. The quantitative estimate of drug-likeness (QED) is 0.816. The van der Waals surface area contributed by atoms with Gasteiger partial charge in [-0.1, -0.05) is 0 Å². The van der Waals surface area contributed by atoms with E-state index < -0.39 is 12.7 Å². The fourth-order valence-corrected chi connectivity index (χ4v) is 3.00. The Morgan fingerprint density at radius 2 is 1.89 bits per heavy atom. The molecule has 0 radical (unpaired) electrons. The predicted octanol–water partition coefficient (Wildman–Crippen LogP) is 0.530. The number of hydrogen-bond acceptors (Lipinski definition) is 4.